The van der Waals surface area contributed by atoms with E-state index in [1.807, 2.05) is 54.8 Å². The highest BCUT2D eigenvalue weighted by Gasteiger charge is 2.12. The highest BCUT2D eigenvalue weighted by Crippen LogP contribution is 2.23. The van der Waals surface area contributed by atoms with Crippen molar-refractivity contribution < 1.29 is 4.79 Å². The van der Waals surface area contributed by atoms with Gasteiger partial charge in [0.15, 0.2) is 10.6 Å². The second-order valence-corrected chi connectivity index (χ2v) is 6.88. The van der Waals surface area contributed by atoms with Crippen molar-refractivity contribution in [1.29, 1.82) is 0 Å². The topological polar surface area (TPSA) is 62.7 Å². The smallest absolute Gasteiger partial charge is 0.226 e. The van der Waals surface area contributed by atoms with E-state index in [1.165, 1.54) is 0 Å². The van der Waals surface area contributed by atoms with Crippen molar-refractivity contribution in [3.05, 3.63) is 63.4 Å². The van der Waals surface area contributed by atoms with Crippen LogP contribution in [0.4, 0.5) is 5.69 Å². The van der Waals surface area contributed by atoms with Crippen LogP contribution in [0.25, 0.3) is 11.4 Å². The molecule has 0 bridgehead atoms. The van der Waals surface area contributed by atoms with Crippen LogP contribution in [0.5, 0.6) is 0 Å². The van der Waals surface area contributed by atoms with Gasteiger partial charge < -0.3 is 5.32 Å². The van der Waals surface area contributed by atoms with E-state index in [4.69, 9.17) is 23.8 Å². The van der Waals surface area contributed by atoms with Crippen molar-refractivity contribution in [3.63, 3.8) is 0 Å². The number of H-pyrrole nitrogens is 1. The Morgan fingerprint density at radius 1 is 1.27 bits per heavy atom. The van der Waals surface area contributed by atoms with E-state index < -0.39 is 0 Å². The van der Waals surface area contributed by atoms with E-state index in [0.717, 1.165) is 28.2 Å². The Morgan fingerprint density at radius 2 is 2.04 bits per heavy atom. The van der Waals surface area contributed by atoms with Gasteiger partial charge >= 0.3 is 0 Å². The van der Waals surface area contributed by atoms with Gasteiger partial charge in [-0.05, 0) is 49.8 Å². The number of amides is 1. The highest BCUT2D eigenvalue weighted by molar-refractivity contribution is 7.71. The first kappa shape index (κ1) is 18.4. The molecule has 0 atom stereocenters. The summed E-state index contributed by atoms with van der Waals surface area (Å²) in [6.45, 7) is 4.33. The fourth-order valence-electron chi connectivity index (χ4n) is 2.70. The SMILES string of the molecule is Cc1cccc(-c2n[nH]c(=S)n2CCC(=O)Nc2cccc(Cl)c2C)c1. The summed E-state index contributed by atoms with van der Waals surface area (Å²) in [6.07, 6.45) is 0.276. The van der Waals surface area contributed by atoms with Gasteiger partial charge in [0, 0.05) is 29.2 Å². The van der Waals surface area contributed by atoms with E-state index in [2.05, 4.69) is 15.5 Å². The number of aromatic amines is 1. The molecule has 0 fully saturated rings. The maximum Gasteiger partial charge on any atom is 0.226 e. The minimum absolute atomic E-state index is 0.103. The van der Waals surface area contributed by atoms with Crippen LogP contribution in [-0.2, 0) is 11.3 Å². The minimum atomic E-state index is -0.103. The molecule has 0 aliphatic carbocycles. The number of benzene rings is 2. The number of aryl methyl sites for hydroxylation is 1. The molecule has 134 valence electrons. The normalized spacial score (nSPS) is 10.7. The lowest BCUT2D eigenvalue weighted by Gasteiger charge is -2.11. The monoisotopic (exact) mass is 386 g/mol. The quantitative estimate of drug-likeness (QED) is 0.612. The fourth-order valence-corrected chi connectivity index (χ4v) is 3.10. The third-order valence-corrected chi connectivity index (χ3v) is 4.86. The molecular formula is C19H19ClN4OS. The molecule has 2 aromatic carbocycles. The molecule has 5 nitrogen and oxygen atoms in total. The zero-order chi connectivity index (χ0) is 18.7. The van der Waals surface area contributed by atoms with Crippen LogP contribution < -0.4 is 5.32 Å². The first-order valence-electron chi connectivity index (χ1n) is 8.23. The van der Waals surface area contributed by atoms with Gasteiger partial charge in [0.1, 0.15) is 0 Å². The largest absolute Gasteiger partial charge is 0.326 e. The Morgan fingerprint density at radius 3 is 2.81 bits per heavy atom. The van der Waals surface area contributed by atoms with E-state index in [1.54, 1.807) is 6.07 Å². The molecule has 1 amide bonds. The second-order valence-electron chi connectivity index (χ2n) is 6.08. The van der Waals surface area contributed by atoms with E-state index >= 15 is 0 Å². The van der Waals surface area contributed by atoms with Crippen LogP contribution in [0.2, 0.25) is 5.02 Å². The Balaban J connectivity index is 1.74. The lowest BCUT2D eigenvalue weighted by molar-refractivity contribution is -0.116. The summed E-state index contributed by atoms with van der Waals surface area (Å²) in [4.78, 5) is 12.4. The van der Waals surface area contributed by atoms with E-state index in [-0.39, 0.29) is 12.3 Å². The number of nitrogens with one attached hydrogen (secondary N) is 2. The van der Waals surface area contributed by atoms with Gasteiger partial charge in [0.05, 0.1) is 0 Å². The maximum atomic E-state index is 12.4. The zero-order valence-electron chi connectivity index (χ0n) is 14.5. The van der Waals surface area contributed by atoms with E-state index in [0.29, 0.717) is 16.3 Å². The molecule has 26 heavy (non-hydrogen) atoms. The van der Waals surface area contributed by atoms with Gasteiger partial charge in [-0.3, -0.25) is 14.5 Å². The van der Waals surface area contributed by atoms with Gasteiger partial charge in [-0.2, -0.15) is 5.10 Å². The molecule has 0 unspecified atom stereocenters. The van der Waals surface area contributed by atoms with Crippen molar-refractivity contribution in [2.75, 3.05) is 5.32 Å². The van der Waals surface area contributed by atoms with Crippen molar-refractivity contribution in [2.45, 2.75) is 26.8 Å². The van der Waals surface area contributed by atoms with Crippen molar-refractivity contribution in [2.24, 2.45) is 0 Å². The summed E-state index contributed by atoms with van der Waals surface area (Å²) in [5, 5.41) is 10.6. The average molecular weight is 387 g/mol. The molecule has 0 radical (unpaired) electrons. The molecule has 2 N–H and O–H groups in total. The number of hydrogen-bond acceptors (Lipinski definition) is 3. The molecule has 0 aliphatic heterocycles. The van der Waals surface area contributed by atoms with Crippen molar-refractivity contribution in [1.82, 2.24) is 14.8 Å². The zero-order valence-corrected chi connectivity index (χ0v) is 16.1. The molecule has 1 aromatic heterocycles. The second kappa shape index (κ2) is 7.85. The standard InChI is InChI=1S/C19H19ClN4OS/c1-12-5-3-6-14(11-12)18-22-23-19(26)24(18)10-9-17(25)21-16-8-4-7-15(20)13(16)2/h3-8,11H,9-10H2,1-2H3,(H,21,25)(H,23,26). The Labute approximate surface area is 162 Å². The molecule has 0 saturated heterocycles. The first-order chi connectivity index (χ1) is 12.5. The summed E-state index contributed by atoms with van der Waals surface area (Å²) in [5.74, 6) is 0.624. The Hall–Kier alpha value is -2.44. The first-order valence-corrected chi connectivity index (χ1v) is 9.01. The average Bonchev–Trinajstić information content (AvgIpc) is 2.98. The number of carbonyl (C=O) groups excluding carboxylic acids is 1. The third-order valence-electron chi connectivity index (χ3n) is 4.14. The lowest BCUT2D eigenvalue weighted by Crippen LogP contribution is -2.15. The molecule has 1 heterocycles. The van der Waals surface area contributed by atoms with Crippen LogP contribution in [0.1, 0.15) is 17.5 Å². The Kier molecular flexibility index (Phi) is 5.54. The summed E-state index contributed by atoms with van der Waals surface area (Å²) < 4.78 is 2.34. The molecule has 0 aliphatic rings. The van der Waals surface area contributed by atoms with Crippen molar-refractivity contribution in [3.8, 4) is 11.4 Å². The maximum absolute atomic E-state index is 12.4. The van der Waals surface area contributed by atoms with Crippen LogP contribution >= 0.6 is 23.8 Å². The van der Waals surface area contributed by atoms with Gasteiger partial charge in [-0.15, -0.1) is 0 Å². The number of rotatable bonds is 5. The predicted molar refractivity (Wildman–Crippen MR) is 107 cm³/mol. The highest BCUT2D eigenvalue weighted by atomic mass is 35.5. The number of hydrogen-bond donors (Lipinski definition) is 2. The minimum Gasteiger partial charge on any atom is -0.326 e. The fraction of sp³-hybridized carbons (Fsp3) is 0.211. The van der Waals surface area contributed by atoms with Gasteiger partial charge in [0.25, 0.3) is 0 Å². The number of halogens is 1. The number of nitrogens with zero attached hydrogens (tertiary/aromatic N) is 2. The molecule has 3 aromatic rings. The van der Waals surface area contributed by atoms with Crippen LogP contribution in [0.3, 0.4) is 0 Å². The van der Waals surface area contributed by atoms with Crippen molar-refractivity contribution >= 4 is 35.4 Å². The van der Waals surface area contributed by atoms with Gasteiger partial charge in [-0.1, -0.05) is 41.4 Å². The molecular weight excluding hydrogens is 368 g/mol. The van der Waals surface area contributed by atoms with Crippen LogP contribution in [-0.4, -0.2) is 20.7 Å². The molecule has 3 rings (SSSR count). The van der Waals surface area contributed by atoms with Gasteiger partial charge in [-0.25, -0.2) is 0 Å². The summed E-state index contributed by atoms with van der Waals surface area (Å²) >= 11 is 11.4. The number of carbonyl (C=O) groups is 1. The summed E-state index contributed by atoms with van der Waals surface area (Å²) in [6, 6.07) is 13.5. The number of aromatic nitrogens is 3. The lowest BCUT2D eigenvalue weighted by atomic mass is 10.1. The number of anilines is 1. The third kappa shape index (κ3) is 4.03. The van der Waals surface area contributed by atoms with E-state index in [9.17, 15) is 4.79 Å². The van der Waals surface area contributed by atoms with Crippen LogP contribution in [0.15, 0.2) is 42.5 Å². The van der Waals surface area contributed by atoms with Gasteiger partial charge in [0.2, 0.25) is 5.91 Å². The molecule has 0 spiro atoms. The molecule has 0 saturated carbocycles. The Bertz CT molecular complexity index is 1010. The summed E-state index contributed by atoms with van der Waals surface area (Å²) in [5.41, 5.74) is 3.67. The molecule has 7 heteroatoms. The predicted octanol–water partition coefficient (Wildman–Crippen LogP) is 4.91. The summed E-state index contributed by atoms with van der Waals surface area (Å²) in [7, 11) is 0. The van der Waals surface area contributed by atoms with Crippen LogP contribution in [0, 0.1) is 18.6 Å².